The fourth-order valence-electron chi connectivity index (χ4n) is 8.46. The molecule has 5 nitrogen and oxygen atoms in total. The molecule has 7 aromatic carbocycles. The summed E-state index contributed by atoms with van der Waals surface area (Å²) in [5, 5.41) is 13.8. The summed E-state index contributed by atoms with van der Waals surface area (Å²) in [5.41, 5.74) is 14.8. The molecule has 62 heavy (non-hydrogen) atoms. The van der Waals surface area contributed by atoms with E-state index in [2.05, 4.69) is 174 Å². The number of rotatable bonds is 6. The Labute approximate surface area is 377 Å². The van der Waals surface area contributed by atoms with Crippen molar-refractivity contribution in [3.05, 3.63) is 181 Å². The van der Waals surface area contributed by atoms with Gasteiger partial charge in [-0.05, 0) is 69.5 Å². The van der Waals surface area contributed by atoms with Gasteiger partial charge in [0.2, 0.25) is 0 Å². The van der Waals surface area contributed by atoms with Gasteiger partial charge in [0.1, 0.15) is 22.5 Å². The molecular weight excluding hydrogens is 942 g/mol. The van der Waals surface area contributed by atoms with Crippen LogP contribution in [0, 0.1) is 6.07 Å². The Morgan fingerprint density at radius 2 is 1.27 bits per heavy atom. The third-order valence-corrected chi connectivity index (χ3v) is 11.8. The van der Waals surface area contributed by atoms with Crippen molar-refractivity contribution in [1.29, 1.82) is 0 Å². The third kappa shape index (κ3) is 7.25. The number of nitrogens with zero attached hydrogens (tertiary/aromatic N) is 3. The molecule has 1 N–H and O–H groups in total. The van der Waals surface area contributed by atoms with E-state index in [0.717, 1.165) is 83.3 Å². The van der Waals surface area contributed by atoms with Gasteiger partial charge in [-0.2, -0.15) is 0 Å². The molecule has 10 aromatic rings. The van der Waals surface area contributed by atoms with Crippen molar-refractivity contribution in [2.24, 2.45) is 0 Å². The third-order valence-electron chi connectivity index (χ3n) is 11.8. The zero-order chi connectivity index (χ0) is 42.0. The number of para-hydroxylation sites is 3. The van der Waals surface area contributed by atoms with Gasteiger partial charge >= 0.3 is 0 Å². The van der Waals surface area contributed by atoms with Crippen LogP contribution in [0.2, 0.25) is 0 Å². The molecule has 6 heteroatoms. The number of phenolic OH excluding ortho intramolecular Hbond substituents is 1. The molecule has 10 rings (SSSR count). The molecule has 0 fully saturated rings. The van der Waals surface area contributed by atoms with Gasteiger partial charge < -0.3 is 9.52 Å². The number of fused-ring (bicyclic) bond motifs is 4. The molecule has 0 bridgehead atoms. The minimum Gasteiger partial charge on any atom is -0.507 e. The summed E-state index contributed by atoms with van der Waals surface area (Å²) in [6.45, 7) is 13.4. The van der Waals surface area contributed by atoms with Crippen molar-refractivity contribution in [3.63, 3.8) is 0 Å². The minimum absolute atomic E-state index is 0. The first-order valence-corrected chi connectivity index (χ1v) is 20.9. The maximum Gasteiger partial charge on any atom is 0.152 e. The van der Waals surface area contributed by atoms with Gasteiger partial charge in [-0.1, -0.05) is 162 Å². The molecule has 0 atom stereocenters. The Hall–Kier alpha value is -6.55. The predicted molar refractivity (Wildman–Crippen MR) is 251 cm³/mol. The Balaban J connectivity index is 0.00000490. The van der Waals surface area contributed by atoms with Gasteiger partial charge in [-0.3, -0.25) is 9.55 Å². The predicted octanol–water partition coefficient (Wildman–Crippen LogP) is 14.8. The molecule has 0 unspecified atom stereocenters. The summed E-state index contributed by atoms with van der Waals surface area (Å²) in [5.74, 6) is 0.663. The van der Waals surface area contributed by atoms with Gasteiger partial charge in [0, 0.05) is 49.3 Å². The van der Waals surface area contributed by atoms with Gasteiger partial charge in [-0.25, -0.2) is 4.98 Å². The average Bonchev–Trinajstić information content (AvgIpc) is 3.84. The first-order chi connectivity index (χ1) is 29.4. The summed E-state index contributed by atoms with van der Waals surface area (Å²) in [6.07, 6.45) is 1.89. The van der Waals surface area contributed by atoms with E-state index < -0.39 is 0 Å². The molecule has 0 saturated carbocycles. The number of benzene rings is 7. The van der Waals surface area contributed by atoms with Crippen LogP contribution in [0.25, 0.3) is 94.7 Å². The number of hydrogen-bond donors (Lipinski definition) is 1. The first kappa shape index (κ1) is 40.8. The molecule has 0 radical (unpaired) electrons. The van der Waals surface area contributed by atoms with Crippen LogP contribution < -0.4 is 0 Å². The van der Waals surface area contributed by atoms with Crippen molar-refractivity contribution in [2.45, 2.75) is 52.4 Å². The van der Waals surface area contributed by atoms with Crippen LogP contribution in [-0.4, -0.2) is 19.6 Å². The first-order valence-electron chi connectivity index (χ1n) is 20.9. The van der Waals surface area contributed by atoms with Gasteiger partial charge in [0.05, 0.1) is 16.7 Å². The van der Waals surface area contributed by atoms with Crippen LogP contribution in [0.4, 0.5) is 0 Å². The number of imidazole rings is 1. The second-order valence-corrected chi connectivity index (χ2v) is 18.0. The van der Waals surface area contributed by atoms with Crippen LogP contribution >= 0.6 is 0 Å². The Bertz CT molecular complexity index is 3270. The van der Waals surface area contributed by atoms with Crippen LogP contribution in [0.5, 0.6) is 5.75 Å². The minimum atomic E-state index is -0.172. The van der Waals surface area contributed by atoms with Crippen molar-refractivity contribution >= 4 is 33.0 Å². The molecule has 0 amide bonds. The molecule has 308 valence electrons. The molecule has 0 spiro atoms. The largest absolute Gasteiger partial charge is 0.507 e. The van der Waals surface area contributed by atoms with Gasteiger partial charge in [-0.15, -0.1) is 29.3 Å². The topological polar surface area (TPSA) is 64.1 Å². The van der Waals surface area contributed by atoms with E-state index in [-0.39, 0.29) is 37.6 Å². The van der Waals surface area contributed by atoms with Gasteiger partial charge in [0.25, 0.3) is 0 Å². The van der Waals surface area contributed by atoms with Crippen LogP contribution in [0.15, 0.2) is 168 Å². The van der Waals surface area contributed by atoms with Crippen molar-refractivity contribution < 1.29 is 30.6 Å². The number of hydrogen-bond acceptors (Lipinski definition) is 4. The van der Waals surface area contributed by atoms with Crippen LogP contribution in [0.3, 0.4) is 0 Å². The zero-order valence-electron chi connectivity index (χ0n) is 35.6. The summed E-state index contributed by atoms with van der Waals surface area (Å²) in [6, 6.07) is 58.1. The van der Waals surface area contributed by atoms with Crippen molar-refractivity contribution in [1.82, 2.24) is 14.5 Å². The molecular formula is C56H46N3O2Pt-. The fraction of sp³-hybridized carbons (Fsp3) is 0.143. The van der Waals surface area contributed by atoms with E-state index >= 15 is 0 Å². The Kier molecular flexibility index (Phi) is 10.4. The summed E-state index contributed by atoms with van der Waals surface area (Å²) >= 11 is 0. The smallest absolute Gasteiger partial charge is 0.152 e. The zero-order valence-corrected chi connectivity index (χ0v) is 37.9. The monoisotopic (exact) mass is 987 g/mol. The SMILES string of the molecule is CC(C)(C)c1ccc(-c2ccnc(-c3[c-]c(-c4cccc5c4nc(-c4c(O)ccc6c4oc4ccccc46)n5-c4ccccc4-c4ccccc4)cc(C(C)(C)C)c3)c2)cc1.[Pt]. The summed E-state index contributed by atoms with van der Waals surface area (Å²) in [7, 11) is 0. The maximum absolute atomic E-state index is 11.9. The van der Waals surface area contributed by atoms with E-state index in [0.29, 0.717) is 17.0 Å². The maximum atomic E-state index is 11.9. The van der Waals surface area contributed by atoms with Crippen LogP contribution in [-0.2, 0) is 31.9 Å². The number of furan rings is 1. The van der Waals surface area contributed by atoms with E-state index in [1.165, 1.54) is 5.56 Å². The Morgan fingerprint density at radius 3 is 2.05 bits per heavy atom. The second-order valence-electron chi connectivity index (χ2n) is 18.0. The van der Waals surface area contributed by atoms with E-state index in [1.807, 2.05) is 36.5 Å². The molecule has 0 aliphatic heterocycles. The number of pyridine rings is 1. The number of aromatic nitrogens is 3. The summed E-state index contributed by atoms with van der Waals surface area (Å²) < 4.78 is 8.76. The van der Waals surface area contributed by atoms with E-state index in [4.69, 9.17) is 14.4 Å². The van der Waals surface area contributed by atoms with E-state index in [1.54, 1.807) is 6.07 Å². The molecule has 0 aliphatic rings. The average molecular weight is 988 g/mol. The number of phenols is 1. The van der Waals surface area contributed by atoms with Crippen LogP contribution in [0.1, 0.15) is 52.7 Å². The standard InChI is InChI=1S/C56H46N3O2.Pt/c1-55(2,3)40-25-23-35(24-26-40)37-29-30-57-46(34-37)39-31-38(32-41(33-39)56(4,5)6)43-19-14-21-48-52(43)58-54(59(48)47-20-12-10-17-42(47)36-15-8-7-9-16-36)51-49(60)28-27-45-44-18-11-13-22-50(44)61-53(45)51;/h7-30,32-34,60H,1-6H3;/q-1;. The van der Waals surface area contributed by atoms with Crippen molar-refractivity contribution in [3.8, 4) is 67.5 Å². The normalized spacial score (nSPS) is 12.0. The molecule has 3 heterocycles. The quantitative estimate of drug-likeness (QED) is 0.169. The molecule has 0 aliphatic carbocycles. The van der Waals surface area contributed by atoms with Gasteiger partial charge in [0.15, 0.2) is 5.82 Å². The molecule has 3 aromatic heterocycles. The second kappa shape index (κ2) is 15.7. The summed E-state index contributed by atoms with van der Waals surface area (Å²) in [4.78, 5) is 10.4. The fourth-order valence-corrected chi connectivity index (χ4v) is 8.46. The van der Waals surface area contributed by atoms with Crippen molar-refractivity contribution in [2.75, 3.05) is 0 Å². The van der Waals surface area contributed by atoms with E-state index in [9.17, 15) is 5.11 Å². The Morgan fingerprint density at radius 1 is 0.581 bits per heavy atom. The molecule has 0 saturated heterocycles. The number of aromatic hydroxyl groups is 1.